The first-order valence-electron chi connectivity index (χ1n) is 8.08. The maximum absolute atomic E-state index is 5.94. The fourth-order valence-electron chi connectivity index (χ4n) is 3.06. The van der Waals surface area contributed by atoms with E-state index in [1.54, 1.807) is 0 Å². The number of furan rings is 1. The predicted molar refractivity (Wildman–Crippen MR) is 82.0 cm³/mol. The number of ether oxygens (including phenoxy) is 1. The lowest BCUT2D eigenvalue weighted by atomic mass is 9.98. The van der Waals surface area contributed by atoms with Crippen molar-refractivity contribution in [2.24, 2.45) is 0 Å². The predicted octanol–water partition coefficient (Wildman–Crippen LogP) is 4.29. The molecule has 0 spiro atoms. The second-order valence-corrected chi connectivity index (χ2v) is 6.03. The van der Waals surface area contributed by atoms with Gasteiger partial charge in [0.05, 0.1) is 6.10 Å². The molecule has 1 heterocycles. The number of nitrogens with one attached hydrogen (secondary N) is 1. The average Bonchev–Trinajstić information content (AvgIpc) is 2.78. The van der Waals surface area contributed by atoms with Gasteiger partial charge in [-0.1, -0.05) is 19.3 Å². The lowest BCUT2D eigenvalue weighted by molar-refractivity contribution is 0.0271. The SMILES string of the molecule is Cc1cc(C(C)NCCCOC2CCCCC2)c(C)o1. The van der Waals surface area contributed by atoms with Crippen LogP contribution in [0.4, 0.5) is 0 Å². The Balaban J connectivity index is 1.59. The first-order chi connectivity index (χ1) is 9.66. The van der Waals surface area contributed by atoms with Gasteiger partial charge in [-0.15, -0.1) is 0 Å². The van der Waals surface area contributed by atoms with Crippen LogP contribution in [0.2, 0.25) is 0 Å². The third-order valence-electron chi connectivity index (χ3n) is 4.22. The van der Waals surface area contributed by atoms with E-state index in [1.165, 1.54) is 37.7 Å². The van der Waals surface area contributed by atoms with Crippen LogP contribution in [-0.4, -0.2) is 19.3 Å². The summed E-state index contributed by atoms with van der Waals surface area (Å²) < 4.78 is 11.5. The van der Waals surface area contributed by atoms with Crippen molar-refractivity contribution in [3.05, 3.63) is 23.2 Å². The minimum absolute atomic E-state index is 0.349. The molecule has 1 aromatic heterocycles. The van der Waals surface area contributed by atoms with Gasteiger partial charge in [-0.25, -0.2) is 0 Å². The number of hydrogen-bond donors (Lipinski definition) is 1. The van der Waals surface area contributed by atoms with Gasteiger partial charge in [0, 0.05) is 18.2 Å². The van der Waals surface area contributed by atoms with E-state index >= 15 is 0 Å². The van der Waals surface area contributed by atoms with Gasteiger partial charge in [0.15, 0.2) is 0 Å². The molecule has 2 rings (SSSR count). The fourth-order valence-corrected chi connectivity index (χ4v) is 3.06. The van der Waals surface area contributed by atoms with Gasteiger partial charge in [-0.3, -0.25) is 0 Å². The quantitative estimate of drug-likeness (QED) is 0.756. The summed E-state index contributed by atoms with van der Waals surface area (Å²) in [6.07, 6.45) is 8.21. The van der Waals surface area contributed by atoms with E-state index in [4.69, 9.17) is 9.15 Å². The van der Waals surface area contributed by atoms with Gasteiger partial charge < -0.3 is 14.5 Å². The highest BCUT2D eigenvalue weighted by Crippen LogP contribution is 2.21. The Labute approximate surface area is 123 Å². The van der Waals surface area contributed by atoms with E-state index in [2.05, 4.69) is 18.3 Å². The fraction of sp³-hybridized carbons (Fsp3) is 0.765. The standard InChI is InChI=1S/C17H29NO2/c1-13-12-17(15(3)20-13)14(2)18-10-7-11-19-16-8-5-4-6-9-16/h12,14,16,18H,4-11H2,1-3H3. The molecule has 1 aromatic rings. The van der Waals surface area contributed by atoms with Crippen molar-refractivity contribution in [1.29, 1.82) is 0 Å². The summed E-state index contributed by atoms with van der Waals surface area (Å²) in [4.78, 5) is 0. The zero-order chi connectivity index (χ0) is 14.4. The Morgan fingerprint density at radius 2 is 2.05 bits per heavy atom. The van der Waals surface area contributed by atoms with E-state index in [1.807, 2.05) is 13.8 Å². The van der Waals surface area contributed by atoms with Crippen molar-refractivity contribution in [2.75, 3.05) is 13.2 Å². The van der Waals surface area contributed by atoms with E-state index in [0.717, 1.165) is 31.1 Å². The smallest absolute Gasteiger partial charge is 0.105 e. The molecular weight excluding hydrogens is 250 g/mol. The normalized spacial score (nSPS) is 18.4. The molecule has 1 atom stereocenters. The van der Waals surface area contributed by atoms with E-state index < -0.39 is 0 Å². The minimum Gasteiger partial charge on any atom is -0.466 e. The van der Waals surface area contributed by atoms with Gasteiger partial charge in [0.25, 0.3) is 0 Å². The van der Waals surface area contributed by atoms with Crippen LogP contribution >= 0.6 is 0 Å². The molecule has 20 heavy (non-hydrogen) atoms. The van der Waals surface area contributed by atoms with Gasteiger partial charge in [-0.05, 0) is 52.6 Å². The second-order valence-electron chi connectivity index (χ2n) is 6.03. The average molecular weight is 279 g/mol. The zero-order valence-electron chi connectivity index (χ0n) is 13.2. The first kappa shape index (κ1) is 15.6. The highest BCUT2D eigenvalue weighted by atomic mass is 16.5. The van der Waals surface area contributed by atoms with Gasteiger partial charge in [0.1, 0.15) is 11.5 Å². The molecule has 1 aliphatic carbocycles. The molecule has 1 unspecified atom stereocenters. The third-order valence-corrected chi connectivity index (χ3v) is 4.22. The van der Waals surface area contributed by atoms with E-state index in [0.29, 0.717) is 12.1 Å². The molecule has 0 bridgehead atoms. The van der Waals surface area contributed by atoms with Crippen molar-refractivity contribution in [2.45, 2.75) is 71.4 Å². The molecular formula is C17H29NO2. The van der Waals surface area contributed by atoms with Crippen molar-refractivity contribution in [1.82, 2.24) is 5.32 Å². The molecule has 0 aliphatic heterocycles. The molecule has 1 fully saturated rings. The van der Waals surface area contributed by atoms with Crippen LogP contribution in [0, 0.1) is 13.8 Å². The third kappa shape index (κ3) is 4.64. The summed E-state index contributed by atoms with van der Waals surface area (Å²) in [6, 6.07) is 2.48. The molecule has 3 heteroatoms. The Kier molecular flexibility index (Phi) is 6.11. The van der Waals surface area contributed by atoms with Crippen LogP contribution in [0.3, 0.4) is 0 Å². The van der Waals surface area contributed by atoms with Crippen molar-refractivity contribution >= 4 is 0 Å². The Morgan fingerprint density at radius 1 is 1.30 bits per heavy atom. The van der Waals surface area contributed by atoms with Gasteiger partial charge in [-0.2, -0.15) is 0 Å². The van der Waals surface area contributed by atoms with Crippen LogP contribution in [0.25, 0.3) is 0 Å². The molecule has 1 saturated carbocycles. The first-order valence-corrected chi connectivity index (χ1v) is 8.08. The lowest BCUT2D eigenvalue weighted by Gasteiger charge is -2.22. The summed E-state index contributed by atoms with van der Waals surface area (Å²) in [7, 11) is 0. The summed E-state index contributed by atoms with van der Waals surface area (Å²) in [5.41, 5.74) is 1.27. The molecule has 1 aliphatic rings. The van der Waals surface area contributed by atoms with Crippen molar-refractivity contribution in [3.63, 3.8) is 0 Å². The zero-order valence-corrected chi connectivity index (χ0v) is 13.2. The Morgan fingerprint density at radius 3 is 2.70 bits per heavy atom. The molecule has 0 radical (unpaired) electrons. The van der Waals surface area contributed by atoms with Crippen LogP contribution < -0.4 is 5.32 Å². The molecule has 3 nitrogen and oxygen atoms in total. The largest absolute Gasteiger partial charge is 0.466 e. The van der Waals surface area contributed by atoms with Crippen LogP contribution in [-0.2, 0) is 4.74 Å². The highest BCUT2D eigenvalue weighted by molar-refractivity contribution is 5.23. The second kappa shape index (κ2) is 7.84. The van der Waals surface area contributed by atoms with Crippen LogP contribution in [0.5, 0.6) is 0 Å². The van der Waals surface area contributed by atoms with Crippen molar-refractivity contribution in [3.8, 4) is 0 Å². The topological polar surface area (TPSA) is 34.4 Å². The summed E-state index contributed by atoms with van der Waals surface area (Å²) in [6.45, 7) is 8.11. The molecule has 114 valence electrons. The van der Waals surface area contributed by atoms with Gasteiger partial charge in [0.2, 0.25) is 0 Å². The molecule has 0 saturated heterocycles. The molecule has 1 N–H and O–H groups in total. The monoisotopic (exact) mass is 279 g/mol. The molecule has 0 aromatic carbocycles. The Hall–Kier alpha value is -0.800. The molecule has 0 amide bonds. The Bertz CT molecular complexity index is 394. The maximum atomic E-state index is 5.94. The highest BCUT2D eigenvalue weighted by Gasteiger charge is 2.14. The van der Waals surface area contributed by atoms with Gasteiger partial charge >= 0.3 is 0 Å². The summed E-state index contributed by atoms with van der Waals surface area (Å²) in [5.74, 6) is 2.02. The number of rotatable bonds is 7. The minimum atomic E-state index is 0.349. The maximum Gasteiger partial charge on any atom is 0.105 e. The van der Waals surface area contributed by atoms with Crippen LogP contribution in [0.15, 0.2) is 10.5 Å². The van der Waals surface area contributed by atoms with E-state index in [-0.39, 0.29) is 0 Å². The van der Waals surface area contributed by atoms with E-state index in [9.17, 15) is 0 Å². The summed E-state index contributed by atoms with van der Waals surface area (Å²) in [5, 5.41) is 3.55. The number of aryl methyl sites for hydroxylation is 2. The van der Waals surface area contributed by atoms with Crippen LogP contribution in [0.1, 0.15) is 68.6 Å². The van der Waals surface area contributed by atoms with Crippen molar-refractivity contribution < 1.29 is 9.15 Å². The lowest BCUT2D eigenvalue weighted by Crippen LogP contribution is -2.23. The number of hydrogen-bond acceptors (Lipinski definition) is 3. The summed E-state index contributed by atoms with van der Waals surface area (Å²) >= 11 is 0.